The molecule has 1 aliphatic heterocycles. The van der Waals surface area contributed by atoms with Gasteiger partial charge in [-0.3, -0.25) is 14.5 Å². The highest BCUT2D eigenvalue weighted by molar-refractivity contribution is 8.26. The topological polar surface area (TPSA) is 104 Å². The van der Waals surface area contributed by atoms with Crippen LogP contribution in [0.5, 0.6) is 5.75 Å². The van der Waals surface area contributed by atoms with E-state index in [0.29, 0.717) is 16.2 Å². The summed E-state index contributed by atoms with van der Waals surface area (Å²) in [6.45, 7) is 0.950. The molecule has 1 unspecified atom stereocenters. The van der Waals surface area contributed by atoms with Crippen molar-refractivity contribution in [2.75, 3.05) is 6.54 Å². The Morgan fingerprint density at radius 3 is 2.50 bits per heavy atom. The van der Waals surface area contributed by atoms with Crippen LogP contribution >= 0.6 is 24.0 Å². The summed E-state index contributed by atoms with van der Waals surface area (Å²) in [5.74, 6) is -2.27. The average Bonchev–Trinajstić information content (AvgIpc) is 2.76. The molecule has 1 aliphatic rings. The van der Waals surface area contributed by atoms with Crippen molar-refractivity contribution in [3.05, 3.63) is 34.7 Å². The number of amides is 1. The lowest BCUT2D eigenvalue weighted by Gasteiger charge is -2.10. The van der Waals surface area contributed by atoms with Crippen molar-refractivity contribution in [1.29, 1.82) is 0 Å². The van der Waals surface area contributed by atoms with E-state index in [1.807, 2.05) is 0 Å². The van der Waals surface area contributed by atoms with Gasteiger partial charge in [0.1, 0.15) is 16.6 Å². The van der Waals surface area contributed by atoms with Gasteiger partial charge < -0.3 is 14.9 Å². The maximum atomic E-state index is 12.1. The van der Waals surface area contributed by atoms with Crippen LogP contribution in [-0.4, -0.2) is 49.9 Å². The van der Waals surface area contributed by atoms with Crippen molar-refractivity contribution in [1.82, 2.24) is 4.90 Å². The molecule has 1 amide bonds. The second kappa shape index (κ2) is 7.45. The van der Waals surface area contributed by atoms with Gasteiger partial charge in [0.2, 0.25) is 0 Å². The first-order valence-electron chi connectivity index (χ1n) is 6.74. The van der Waals surface area contributed by atoms with E-state index in [9.17, 15) is 14.4 Å². The third kappa shape index (κ3) is 4.33. The van der Waals surface area contributed by atoms with Gasteiger partial charge in [0, 0.05) is 0 Å². The quantitative estimate of drug-likeness (QED) is 0.580. The number of nitrogens with zero attached hydrogens (tertiary/aromatic N) is 1. The predicted molar refractivity (Wildman–Crippen MR) is 91.7 cm³/mol. The molecule has 126 valence electrons. The third-order valence-electron chi connectivity index (χ3n) is 3.01. The Morgan fingerprint density at radius 2 is 1.96 bits per heavy atom. The molecule has 0 bridgehead atoms. The molecule has 1 heterocycles. The van der Waals surface area contributed by atoms with Crippen molar-refractivity contribution < 1.29 is 29.3 Å². The molecule has 1 aromatic carbocycles. The molecule has 1 saturated heterocycles. The standard InChI is InChI=1S/C15H13NO6S2/c1-8(14(20)21)22-10-4-2-9(3-5-10)6-11-13(19)16(7-12(17)18)15(23)24-11/h2-6,8H,7H2,1H3,(H,17,18)(H,20,21)/b11-6-. The molecule has 0 radical (unpaired) electrons. The Morgan fingerprint density at radius 1 is 1.33 bits per heavy atom. The van der Waals surface area contributed by atoms with Crippen LogP contribution in [0.25, 0.3) is 6.08 Å². The van der Waals surface area contributed by atoms with Gasteiger partial charge in [-0.05, 0) is 30.7 Å². The number of carboxylic acid groups (broad SMARTS) is 2. The van der Waals surface area contributed by atoms with Crippen molar-refractivity contribution in [2.24, 2.45) is 0 Å². The number of rotatable bonds is 6. The van der Waals surface area contributed by atoms with Crippen molar-refractivity contribution in [2.45, 2.75) is 13.0 Å². The van der Waals surface area contributed by atoms with Gasteiger partial charge >= 0.3 is 11.9 Å². The lowest BCUT2D eigenvalue weighted by atomic mass is 10.2. The Kier molecular flexibility index (Phi) is 5.58. The van der Waals surface area contributed by atoms with Crippen LogP contribution < -0.4 is 4.74 Å². The monoisotopic (exact) mass is 367 g/mol. The zero-order valence-corrected chi connectivity index (χ0v) is 14.1. The minimum absolute atomic E-state index is 0.198. The van der Waals surface area contributed by atoms with E-state index >= 15 is 0 Å². The largest absolute Gasteiger partial charge is 0.480 e. The second-order valence-corrected chi connectivity index (χ2v) is 6.50. The van der Waals surface area contributed by atoms with Gasteiger partial charge in [-0.15, -0.1) is 0 Å². The van der Waals surface area contributed by atoms with E-state index in [-0.39, 0.29) is 4.32 Å². The van der Waals surface area contributed by atoms with Crippen molar-refractivity contribution in [3.8, 4) is 5.75 Å². The van der Waals surface area contributed by atoms with Gasteiger partial charge in [0.05, 0.1) is 4.91 Å². The summed E-state index contributed by atoms with van der Waals surface area (Å²) in [6, 6.07) is 6.49. The number of hydrogen-bond acceptors (Lipinski definition) is 6. The molecule has 1 fully saturated rings. The Balaban J connectivity index is 2.11. The minimum Gasteiger partial charge on any atom is -0.480 e. The number of carbonyl (C=O) groups is 3. The van der Waals surface area contributed by atoms with E-state index in [1.165, 1.54) is 6.92 Å². The summed E-state index contributed by atoms with van der Waals surface area (Å²) >= 11 is 6.04. The van der Waals surface area contributed by atoms with E-state index in [1.54, 1.807) is 30.3 Å². The molecule has 24 heavy (non-hydrogen) atoms. The van der Waals surface area contributed by atoms with Crippen LogP contribution in [0, 0.1) is 0 Å². The van der Waals surface area contributed by atoms with Gasteiger partial charge in [0.25, 0.3) is 5.91 Å². The predicted octanol–water partition coefficient (Wildman–Crippen LogP) is 1.82. The summed E-state index contributed by atoms with van der Waals surface area (Å²) in [4.78, 5) is 35.0. The van der Waals surface area contributed by atoms with E-state index in [2.05, 4.69) is 0 Å². The smallest absolute Gasteiger partial charge is 0.344 e. The molecule has 9 heteroatoms. The Bertz CT molecular complexity index is 728. The normalized spacial score (nSPS) is 17.2. The first-order valence-corrected chi connectivity index (χ1v) is 7.97. The number of thioether (sulfide) groups is 1. The zero-order chi connectivity index (χ0) is 17.9. The first kappa shape index (κ1) is 18.0. The highest BCUT2D eigenvalue weighted by Gasteiger charge is 2.33. The fourth-order valence-electron chi connectivity index (χ4n) is 1.82. The lowest BCUT2D eigenvalue weighted by Crippen LogP contribution is -2.33. The third-order valence-corrected chi connectivity index (χ3v) is 4.38. The molecule has 2 rings (SSSR count). The summed E-state index contributed by atoms with van der Waals surface area (Å²) in [6.07, 6.45) is 0.620. The Labute approximate surface area is 146 Å². The number of hydrogen-bond donors (Lipinski definition) is 2. The molecule has 2 N–H and O–H groups in total. The van der Waals surface area contributed by atoms with Crippen molar-refractivity contribution >= 4 is 52.2 Å². The van der Waals surface area contributed by atoms with Crippen LogP contribution in [0.3, 0.4) is 0 Å². The molecular weight excluding hydrogens is 354 g/mol. The van der Waals surface area contributed by atoms with Crippen molar-refractivity contribution in [3.63, 3.8) is 0 Å². The summed E-state index contributed by atoms with van der Waals surface area (Å²) < 4.78 is 5.41. The van der Waals surface area contributed by atoms with Crippen LogP contribution in [-0.2, 0) is 14.4 Å². The lowest BCUT2D eigenvalue weighted by molar-refractivity contribution is -0.144. The highest BCUT2D eigenvalue weighted by atomic mass is 32.2. The minimum atomic E-state index is -1.14. The van der Waals surface area contributed by atoms with Crippen LogP contribution in [0.2, 0.25) is 0 Å². The number of thiocarbonyl (C=S) groups is 1. The maximum Gasteiger partial charge on any atom is 0.344 e. The highest BCUT2D eigenvalue weighted by Crippen LogP contribution is 2.32. The number of benzene rings is 1. The Hall–Kier alpha value is -2.39. The summed E-state index contributed by atoms with van der Waals surface area (Å²) in [5.41, 5.74) is 0.682. The average molecular weight is 367 g/mol. The van der Waals surface area contributed by atoms with Crippen LogP contribution in [0.1, 0.15) is 12.5 Å². The zero-order valence-electron chi connectivity index (χ0n) is 12.5. The molecule has 0 aliphatic carbocycles. The number of ether oxygens (including phenoxy) is 1. The molecule has 1 aromatic rings. The molecule has 1 atom stereocenters. The molecular formula is C15H13NO6S2. The van der Waals surface area contributed by atoms with Gasteiger partial charge in [0.15, 0.2) is 6.10 Å². The molecule has 7 nitrogen and oxygen atoms in total. The van der Waals surface area contributed by atoms with Crippen LogP contribution in [0.15, 0.2) is 29.2 Å². The molecule has 0 spiro atoms. The fourth-order valence-corrected chi connectivity index (χ4v) is 3.08. The van der Waals surface area contributed by atoms with Gasteiger partial charge in [-0.2, -0.15) is 0 Å². The molecule has 0 saturated carbocycles. The second-order valence-electron chi connectivity index (χ2n) is 4.83. The summed E-state index contributed by atoms with van der Waals surface area (Å²) in [5, 5.41) is 17.6. The SMILES string of the molecule is CC(Oc1ccc(/C=C2\SC(=S)N(CC(=O)O)C2=O)cc1)C(=O)O. The fraction of sp³-hybridized carbons (Fsp3) is 0.200. The number of carbonyl (C=O) groups excluding carboxylic acids is 1. The molecule has 0 aromatic heterocycles. The maximum absolute atomic E-state index is 12.1. The van der Waals surface area contributed by atoms with Crippen LogP contribution in [0.4, 0.5) is 0 Å². The first-order chi connectivity index (χ1) is 11.3. The van der Waals surface area contributed by atoms with Gasteiger partial charge in [-0.25, -0.2) is 4.79 Å². The van der Waals surface area contributed by atoms with E-state index in [0.717, 1.165) is 16.7 Å². The van der Waals surface area contributed by atoms with E-state index in [4.69, 9.17) is 27.2 Å². The summed E-state index contributed by atoms with van der Waals surface area (Å²) in [7, 11) is 0. The number of carboxylic acids is 2. The van der Waals surface area contributed by atoms with E-state index < -0.39 is 30.5 Å². The number of aliphatic carboxylic acids is 2. The van der Waals surface area contributed by atoms with Gasteiger partial charge in [-0.1, -0.05) is 36.1 Å².